The van der Waals surface area contributed by atoms with Crippen LogP contribution >= 0.6 is 0 Å². The number of ether oxygens (including phenoxy) is 1. The highest BCUT2D eigenvalue weighted by Gasteiger charge is 2.11. The Bertz CT molecular complexity index is 1280. The van der Waals surface area contributed by atoms with E-state index in [4.69, 9.17) is 4.74 Å². The Labute approximate surface area is 179 Å². The molecular weight excluding hydrogens is 392 g/mol. The second kappa shape index (κ2) is 9.40. The van der Waals surface area contributed by atoms with E-state index in [9.17, 15) is 9.59 Å². The number of benzene rings is 3. The fourth-order valence-corrected chi connectivity index (χ4v) is 3.61. The summed E-state index contributed by atoms with van der Waals surface area (Å²) in [6.45, 7) is 1.34. The molecule has 0 aliphatic heterocycles. The first-order chi connectivity index (χ1) is 15.2. The molecule has 4 rings (SSSR count). The molecule has 0 unspecified atom stereocenters. The number of aromatic nitrogens is 2. The number of fused-ring (bicyclic) bond motifs is 2. The Morgan fingerprint density at radius 1 is 0.903 bits per heavy atom. The number of nitrogens with one attached hydrogen (secondary N) is 2. The average molecular weight is 416 g/mol. The van der Waals surface area contributed by atoms with Gasteiger partial charge in [0.2, 0.25) is 0 Å². The molecule has 0 radical (unpaired) electrons. The molecule has 0 bridgehead atoms. The lowest BCUT2D eigenvalue weighted by atomic mass is 10.0. The van der Waals surface area contributed by atoms with Crippen molar-refractivity contribution in [3.63, 3.8) is 0 Å². The molecule has 0 atom stereocenters. The number of urea groups is 1. The van der Waals surface area contributed by atoms with Crippen LogP contribution in [0.1, 0.15) is 11.3 Å². The maximum atomic E-state index is 12.6. The minimum absolute atomic E-state index is 0.170. The fraction of sp³-hybridized carbons (Fsp3) is 0.208. The van der Waals surface area contributed by atoms with Crippen LogP contribution in [-0.2, 0) is 24.4 Å². The molecule has 1 heterocycles. The summed E-state index contributed by atoms with van der Waals surface area (Å²) in [6, 6.07) is 21.1. The highest BCUT2D eigenvalue weighted by Crippen LogP contribution is 2.18. The van der Waals surface area contributed by atoms with E-state index < -0.39 is 0 Å². The number of rotatable bonds is 7. The van der Waals surface area contributed by atoms with Gasteiger partial charge in [0.1, 0.15) is 0 Å². The summed E-state index contributed by atoms with van der Waals surface area (Å²) in [5, 5.41) is 13.8. The molecule has 4 aromatic rings. The standard InChI is InChI=1S/C24H24N4O3/c1-31-14-13-28-23(29)21-12-5-4-11-20(21)22(27-28)16-26-24(30)25-15-18-9-6-8-17-7-2-3-10-19(17)18/h2-12H,13-16H2,1H3,(H2,25,26,30). The third-order valence-electron chi connectivity index (χ3n) is 5.19. The number of carbonyl (C=O) groups excluding carboxylic acids is 1. The Kier molecular flexibility index (Phi) is 6.24. The zero-order valence-corrected chi connectivity index (χ0v) is 17.3. The van der Waals surface area contributed by atoms with Gasteiger partial charge in [-0.05, 0) is 22.4 Å². The smallest absolute Gasteiger partial charge is 0.315 e. The maximum Gasteiger partial charge on any atom is 0.315 e. The highest BCUT2D eigenvalue weighted by atomic mass is 16.5. The molecule has 0 fully saturated rings. The van der Waals surface area contributed by atoms with E-state index in [1.807, 2.05) is 60.7 Å². The largest absolute Gasteiger partial charge is 0.383 e. The van der Waals surface area contributed by atoms with Crippen LogP contribution in [0, 0.1) is 0 Å². The number of hydrogen-bond acceptors (Lipinski definition) is 4. The molecule has 0 aliphatic carbocycles. The molecule has 31 heavy (non-hydrogen) atoms. The second-order valence-corrected chi connectivity index (χ2v) is 7.19. The van der Waals surface area contributed by atoms with E-state index in [1.54, 1.807) is 13.2 Å². The number of amides is 2. The van der Waals surface area contributed by atoms with E-state index in [0.29, 0.717) is 30.8 Å². The van der Waals surface area contributed by atoms with Gasteiger partial charge in [-0.3, -0.25) is 4.79 Å². The van der Waals surface area contributed by atoms with E-state index >= 15 is 0 Å². The van der Waals surface area contributed by atoms with Crippen LogP contribution < -0.4 is 16.2 Å². The fourth-order valence-electron chi connectivity index (χ4n) is 3.61. The summed E-state index contributed by atoms with van der Waals surface area (Å²) in [4.78, 5) is 25.1. The molecule has 7 heteroatoms. The first kappa shape index (κ1) is 20.6. The molecule has 2 amide bonds. The first-order valence-corrected chi connectivity index (χ1v) is 10.1. The predicted octanol–water partition coefficient (Wildman–Crippen LogP) is 3.20. The van der Waals surface area contributed by atoms with Crippen LogP contribution in [0.2, 0.25) is 0 Å². The van der Waals surface area contributed by atoms with Gasteiger partial charge in [-0.2, -0.15) is 5.10 Å². The lowest BCUT2D eigenvalue weighted by molar-refractivity contribution is 0.181. The van der Waals surface area contributed by atoms with Crippen molar-refractivity contribution in [3.05, 3.63) is 88.3 Å². The van der Waals surface area contributed by atoms with Crippen LogP contribution in [-0.4, -0.2) is 29.5 Å². The molecule has 0 spiro atoms. The molecule has 1 aromatic heterocycles. The van der Waals surface area contributed by atoms with Gasteiger partial charge in [-0.1, -0.05) is 60.7 Å². The number of methoxy groups -OCH3 is 1. The molecule has 3 aromatic carbocycles. The van der Waals surface area contributed by atoms with Gasteiger partial charge in [0.15, 0.2) is 0 Å². The minimum atomic E-state index is -0.298. The van der Waals surface area contributed by atoms with E-state index in [-0.39, 0.29) is 18.1 Å². The number of nitrogens with zero attached hydrogens (tertiary/aromatic N) is 2. The van der Waals surface area contributed by atoms with E-state index in [1.165, 1.54) is 4.68 Å². The van der Waals surface area contributed by atoms with E-state index in [2.05, 4.69) is 15.7 Å². The molecule has 0 saturated heterocycles. The van der Waals surface area contributed by atoms with Crippen LogP contribution in [0.25, 0.3) is 21.5 Å². The lowest BCUT2D eigenvalue weighted by Gasteiger charge is -2.13. The van der Waals surface area contributed by atoms with Gasteiger partial charge in [0, 0.05) is 19.0 Å². The third kappa shape index (κ3) is 4.57. The zero-order valence-electron chi connectivity index (χ0n) is 17.3. The summed E-state index contributed by atoms with van der Waals surface area (Å²) < 4.78 is 6.46. The number of carbonyl (C=O) groups is 1. The lowest BCUT2D eigenvalue weighted by Crippen LogP contribution is -2.36. The van der Waals surface area contributed by atoms with Crippen molar-refractivity contribution >= 4 is 27.6 Å². The molecular formula is C24H24N4O3. The summed E-state index contributed by atoms with van der Waals surface area (Å²) in [5.74, 6) is 0. The quantitative estimate of drug-likeness (QED) is 0.485. The monoisotopic (exact) mass is 416 g/mol. The van der Waals surface area contributed by atoms with Crippen LogP contribution in [0.15, 0.2) is 71.5 Å². The topological polar surface area (TPSA) is 85.2 Å². The molecule has 7 nitrogen and oxygen atoms in total. The van der Waals surface area contributed by atoms with Crippen molar-refractivity contribution in [2.24, 2.45) is 0 Å². The van der Waals surface area contributed by atoms with Crippen molar-refractivity contribution in [1.82, 2.24) is 20.4 Å². The predicted molar refractivity (Wildman–Crippen MR) is 121 cm³/mol. The molecule has 0 aliphatic rings. The molecule has 0 saturated carbocycles. The van der Waals surface area contributed by atoms with Gasteiger partial charge in [-0.25, -0.2) is 9.48 Å². The van der Waals surface area contributed by atoms with Crippen molar-refractivity contribution in [3.8, 4) is 0 Å². The second-order valence-electron chi connectivity index (χ2n) is 7.19. The van der Waals surface area contributed by atoms with Gasteiger partial charge >= 0.3 is 6.03 Å². The van der Waals surface area contributed by atoms with Crippen LogP contribution in [0.3, 0.4) is 0 Å². The Morgan fingerprint density at radius 2 is 1.58 bits per heavy atom. The van der Waals surface area contributed by atoms with Crippen molar-refractivity contribution in [2.45, 2.75) is 19.6 Å². The van der Waals surface area contributed by atoms with Crippen molar-refractivity contribution in [2.75, 3.05) is 13.7 Å². The zero-order chi connectivity index (χ0) is 21.6. The molecule has 158 valence electrons. The summed E-state index contributed by atoms with van der Waals surface area (Å²) in [7, 11) is 1.58. The van der Waals surface area contributed by atoms with Crippen molar-refractivity contribution in [1.29, 1.82) is 0 Å². The van der Waals surface area contributed by atoms with Crippen molar-refractivity contribution < 1.29 is 9.53 Å². The normalized spacial score (nSPS) is 11.0. The maximum absolute atomic E-state index is 12.6. The van der Waals surface area contributed by atoms with Gasteiger partial charge in [0.05, 0.1) is 30.8 Å². The van der Waals surface area contributed by atoms with Gasteiger partial charge in [0.25, 0.3) is 5.56 Å². The van der Waals surface area contributed by atoms with Gasteiger partial charge in [-0.15, -0.1) is 0 Å². The number of hydrogen-bond donors (Lipinski definition) is 2. The van der Waals surface area contributed by atoms with Crippen LogP contribution in [0.5, 0.6) is 0 Å². The average Bonchev–Trinajstić information content (AvgIpc) is 2.81. The van der Waals surface area contributed by atoms with Gasteiger partial charge < -0.3 is 15.4 Å². The first-order valence-electron chi connectivity index (χ1n) is 10.1. The Morgan fingerprint density at radius 3 is 2.39 bits per heavy atom. The minimum Gasteiger partial charge on any atom is -0.383 e. The highest BCUT2D eigenvalue weighted by molar-refractivity contribution is 5.86. The summed E-state index contributed by atoms with van der Waals surface area (Å²) in [5.41, 5.74) is 1.51. The SMILES string of the molecule is COCCn1nc(CNC(=O)NCc2cccc3ccccc23)c2ccccc2c1=O. The summed E-state index contributed by atoms with van der Waals surface area (Å²) >= 11 is 0. The Balaban J connectivity index is 1.47. The molecule has 2 N–H and O–H groups in total. The summed E-state index contributed by atoms with van der Waals surface area (Å²) in [6.07, 6.45) is 0. The van der Waals surface area contributed by atoms with E-state index in [0.717, 1.165) is 21.7 Å². The van der Waals surface area contributed by atoms with Crippen LogP contribution in [0.4, 0.5) is 4.79 Å². The third-order valence-corrected chi connectivity index (χ3v) is 5.19. The Hall–Kier alpha value is -3.71.